The lowest BCUT2D eigenvalue weighted by atomic mass is 10.2. The molecule has 1 aromatic carbocycles. The summed E-state index contributed by atoms with van der Waals surface area (Å²) in [5, 5.41) is 0. The molecule has 23 heavy (non-hydrogen) atoms. The summed E-state index contributed by atoms with van der Waals surface area (Å²) in [6, 6.07) is 5.36. The summed E-state index contributed by atoms with van der Waals surface area (Å²) >= 11 is 0. The topological polar surface area (TPSA) is 81.4 Å². The third-order valence-electron chi connectivity index (χ3n) is 3.42. The van der Waals surface area contributed by atoms with Crippen molar-refractivity contribution in [2.45, 2.75) is 11.4 Å². The SMILES string of the molecule is CN(Cc1ccc(F)cc1)S(=O)(=O)c1cn(C)c(=O)n(C)c1=O. The smallest absolute Gasteiger partial charge is 0.302 e. The molecular formula is C14H16FN3O4S. The highest BCUT2D eigenvalue weighted by atomic mass is 32.2. The quantitative estimate of drug-likeness (QED) is 0.787. The van der Waals surface area contributed by atoms with Crippen molar-refractivity contribution >= 4 is 10.0 Å². The molecule has 0 saturated heterocycles. The number of halogens is 1. The summed E-state index contributed by atoms with van der Waals surface area (Å²) in [6.07, 6.45) is 1.00. The molecule has 0 aliphatic rings. The minimum absolute atomic E-state index is 0.0331. The zero-order chi connectivity index (χ0) is 17.4. The maximum Gasteiger partial charge on any atom is 0.330 e. The van der Waals surface area contributed by atoms with Gasteiger partial charge in [0.1, 0.15) is 5.82 Å². The summed E-state index contributed by atoms with van der Waals surface area (Å²) in [7, 11) is -0.211. The minimum atomic E-state index is -4.09. The van der Waals surface area contributed by atoms with Crippen LogP contribution in [0, 0.1) is 5.82 Å². The lowest BCUT2D eigenvalue weighted by Gasteiger charge is -2.17. The molecule has 0 saturated carbocycles. The first-order valence-corrected chi connectivity index (χ1v) is 8.06. The fraction of sp³-hybridized carbons (Fsp3) is 0.286. The van der Waals surface area contributed by atoms with Crippen molar-refractivity contribution in [2.24, 2.45) is 14.1 Å². The van der Waals surface area contributed by atoms with E-state index in [0.717, 1.165) is 19.6 Å². The highest BCUT2D eigenvalue weighted by Crippen LogP contribution is 2.13. The molecule has 0 radical (unpaired) electrons. The molecule has 7 nitrogen and oxygen atoms in total. The van der Waals surface area contributed by atoms with Crippen molar-refractivity contribution in [3.05, 3.63) is 62.7 Å². The van der Waals surface area contributed by atoms with Gasteiger partial charge in [-0.05, 0) is 17.7 Å². The lowest BCUT2D eigenvalue weighted by molar-refractivity contribution is 0.462. The number of aryl methyl sites for hydroxylation is 1. The van der Waals surface area contributed by atoms with Crippen LogP contribution in [0.5, 0.6) is 0 Å². The zero-order valence-electron chi connectivity index (χ0n) is 12.9. The Bertz CT molecular complexity index is 945. The Labute approximate surface area is 132 Å². The molecule has 2 rings (SSSR count). The van der Waals surface area contributed by atoms with Crippen molar-refractivity contribution in [3.63, 3.8) is 0 Å². The van der Waals surface area contributed by atoms with Crippen molar-refractivity contribution in [3.8, 4) is 0 Å². The fourth-order valence-electron chi connectivity index (χ4n) is 2.05. The summed E-state index contributed by atoms with van der Waals surface area (Å²) in [6.45, 7) is -0.0331. The molecule has 0 atom stereocenters. The second-order valence-electron chi connectivity index (χ2n) is 5.14. The van der Waals surface area contributed by atoms with Gasteiger partial charge in [-0.2, -0.15) is 4.31 Å². The molecule has 2 aromatic rings. The third kappa shape index (κ3) is 3.25. The lowest BCUT2D eigenvalue weighted by Crippen LogP contribution is -2.41. The normalized spacial score (nSPS) is 11.9. The van der Waals surface area contributed by atoms with Gasteiger partial charge in [0.05, 0.1) is 0 Å². The summed E-state index contributed by atoms with van der Waals surface area (Å²) in [5.74, 6) is -0.425. The third-order valence-corrected chi connectivity index (χ3v) is 5.21. The fourth-order valence-corrected chi connectivity index (χ4v) is 3.36. The molecular weight excluding hydrogens is 325 g/mol. The van der Waals surface area contributed by atoms with Gasteiger partial charge in [0.2, 0.25) is 10.0 Å². The second-order valence-corrected chi connectivity index (χ2v) is 7.15. The van der Waals surface area contributed by atoms with Crippen LogP contribution in [0.2, 0.25) is 0 Å². The molecule has 1 aromatic heterocycles. The van der Waals surface area contributed by atoms with Gasteiger partial charge in [-0.15, -0.1) is 0 Å². The summed E-state index contributed by atoms with van der Waals surface area (Å²) in [5.41, 5.74) is -0.937. The van der Waals surface area contributed by atoms with E-state index in [1.165, 1.54) is 45.4 Å². The Morgan fingerprint density at radius 2 is 1.70 bits per heavy atom. The number of rotatable bonds is 4. The van der Waals surface area contributed by atoms with Gasteiger partial charge in [0, 0.05) is 33.9 Å². The first kappa shape index (κ1) is 17.1. The van der Waals surface area contributed by atoms with Crippen LogP contribution < -0.4 is 11.2 Å². The zero-order valence-corrected chi connectivity index (χ0v) is 13.7. The number of sulfonamides is 1. The Balaban J connectivity index is 2.44. The molecule has 0 fully saturated rings. The maximum absolute atomic E-state index is 12.9. The Morgan fingerprint density at radius 1 is 1.13 bits per heavy atom. The van der Waals surface area contributed by atoms with E-state index in [1.54, 1.807) is 0 Å². The van der Waals surface area contributed by atoms with Gasteiger partial charge in [-0.25, -0.2) is 17.6 Å². The van der Waals surface area contributed by atoms with Gasteiger partial charge in [0.25, 0.3) is 5.56 Å². The van der Waals surface area contributed by atoms with E-state index in [2.05, 4.69) is 0 Å². The van der Waals surface area contributed by atoms with Crippen LogP contribution in [-0.2, 0) is 30.7 Å². The van der Waals surface area contributed by atoms with Gasteiger partial charge in [-0.1, -0.05) is 12.1 Å². The van der Waals surface area contributed by atoms with Gasteiger partial charge >= 0.3 is 5.69 Å². The highest BCUT2D eigenvalue weighted by molar-refractivity contribution is 7.89. The van der Waals surface area contributed by atoms with Crippen LogP contribution in [0.1, 0.15) is 5.56 Å². The van der Waals surface area contributed by atoms with E-state index in [0.29, 0.717) is 5.56 Å². The van der Waals surface area contributed by atoms with Crippen molar-refractivity contribution in [2.75, 3.05) is 7.05 Å². The number of aromatic nitrogens is 2. The van der Waals surface area contributed by atoms with Crippen LogP contribution >= 0.6 is 0 Å². The predicted molar refractivity (Wildman–Crippen MR) is 82.0 cm³/mol. The molecule has 0 aliphatic heterocycles. The average Bonchev–Trinajstić information content (AvgIpc) is 2.50. The molecule has 0 spiro atoms. The Kier molecular flexibility index (Phi) is 4.53. The molecule has 0 unspecified atom stereocenters. The first-order valence-electron chi connectivity index (χ1n) is 6.62. The van der Waals surface area contributed by atoms with E-state index >= 15 is 0 Å². The van der Waals surface area contributed by atoms with Gasteiger partial charge < -0.3 is 4.57 Å². The van der Waals surface area contributed by atoms with Crippen molar-refractivity contribution in [1.29, 1.82) is 0 Å². The van der Waals surface area contributed by atoms with Gasteiger partial charge in [0.15, 0.2) is 4.90 Å². The highest BCUT2D eigenvalue weighted by Gasteiger charge is 2.26. The number of benzene rings is 1. The Hall–Kier alpha value is -2.26. The average molecular weight is 341 g/mol. The van der Waals surface area contributed by atoms with Crippen molar-refractivity contribution in [1.82, 2.24) is 13.4 Å². The van der Waals surface area contributed by atoms with Crippen LogP contribution in [0.3, 0.4) is 0 Å². The number of hydrogen-bond acceptors (Lipinski definition) is 4. The van der Waals surface area contributed by atoms with E-state index in [4.69, 9.17) is 0 Å². The Morgan fingerprint density at radius 3 is 2.26 bits per heavy atom. The minimum Gasteiger partial charge on any atom is -0.302 e. The molecule has 0 N–H and O–H groups in total. The van der Waals surface area contributed by atoms with E-state index in [9.17, 15) is 22.4 Å². The van der Waals surface area contributed by atoms with E-state index < -0.39 is 32.0 Å². The van der Waals surface area contributed by atoms with Gasteiger partial charge in [-0.3, -0.25) is 9.36 Å². The first-order chi connectivity index (χ1) is 10.6. The molecule has 0 amide bonds. The molecule has 124 valence electrons. The van der Waals surface area contributed by atoms with Crippen LogP contribution in [-0.4, -0.2) is 28.9 Å². The van der Waals surface area contributed by atoms with Crippen LogP contribution in [0.15, 0.2) is 44.9 Å². The van der Waals surface area contributed by atoms with E-state index in [-0.39, 0.29) is 6.54 Å². The maximum atomic E-state index is 12.9. The predicted octanol–water partition coefficient (Wildman–Crippen LogP) is 0.0438. The molecule has 1 heterocycles. The number of hydrogen-bond donors (Lipinski definition) is 0. The second kappa shape index (κ2) is 6.09. The van der Waals surface area contributed by atoms with Crippen LogP contribution in [0.25, 0.3) is 0 Å². The molecule has 9 heteroatoms. The summed E-state index contributed by atoms with van der Waals surface area (Å²) < 4.78 is 40.8. The van der Waals surface area contributed by atoms with Crippen LogP contribution in [0.4, 0.5) is 4.39 Å². The van der Waals surface area contributed by atoms with Crippen molar-refractivity contribution < 1.29 is 12.8 Å². The summed E-state index contributed by atoms with van der Waals surface area (Å²) in [4.78, 5) is 23.2. The molecule has 0 aliphatic carbocycles. The number of nitrogens with zero attached hydrogens (tertiary/aromatic N) is 3. The standard InChI is InChI=1S/C14H16FN3O4S/c1-16-9-12(13(19)18(3)14(16)20)23(21,22)17(2)8-10-4-6-11(15)7-5-10/h4-7,9H,8H2,1-3H3. The van der Waals surface area contributed by atoms with E-state index in [1.807, 2.05) is 0 Å². The monoisotopic (exact) mass is 341 g/mol. The largest absolute Gasteiger partial charge is 0.330 e. The molecule has 0 bridgehead atoms.